The molecule has 102 valence electrons. The summed E-state index contributed by atoms with van der Waals surface area (Å²) in [7, 11) is 0. The molecule has 1 atom stereocenters. The van der Waals surface area contributed by atoms with Crippen LogP contribution in [0.5, 0.6) is 0 Å². The minimum atomic E-state index is 0.121. The summed E-state index contributed by atoms with van der Waals surface area (Å²) >= 11 is 0. The summed E-state index contributed by atoms with van der Waals surface area (Å²) < 4.78 is 0. The van der Waals surface area contributed by atoms with E-state index >= 15 is 0 Å². The van der Waals surface area contributed by atoms with Crippen LogP contribution in [0.4, 0.5) is 5.69 Å². The van der Waals surface area contributed by atoms with Crippen molar-refractivity contribution in [2.45, 2.75) is 45.6 Å². The lowest BCUT2D eigenvalue weighted by Crippen LogP contribution is -2.38. The SMILES string of the molecule is Cc1cc(N2CCCCCC2CO)c(C#N)c(C)n1. The molecule has 1 N–H and O–H groups in total. The van der Waals surface area contributed by atoms with Gasteiger partial charge in [0.1, 0.15) is 6.07 Å². The Hall–Kier alpha value is -1.60. The number of rotatable bonds is 2. The highest BCUT2D eigenvalue weighted by Crippen LogP contribution is 2.29. The van der Waals surface area contributed by atoms with Crippen LogP contribution < -0.4 is 4.90 Å². The summed E-state index contributed by atoms with van der Waals surface area (Å²) in [5.74, 6) is 0. The van der Waals surface area contributed by atoms with E-state index in [-0.39, 0.29) is 12.6 Å². The van der Waals surface area contributed by atoms with Crippen molar-refractivity contribution >= 4 is 5.69 Å². The highest BCUT2D eigenvalue weighted by atomic mass is 16.3. The van der Waals surface area contributed by atoms with Gasteiger partial charge in [-0.2, -0.15) is 5.26 Å². The summed E-state index contributed by atoms with van der Waals surface area (Å²) in [4.78, 5) is 6.56. The molecule has 1 aromatic heterocycles. The Kier molecular flexibility index (Phi) is 4.39. The van der Waals surface area contributed by atoms with Gasteiger partial charge in [0, 0.05) is 12.2 Å². The Bertz CT molecular complexity index is 493. The zero-order valence-electron chi connectivity index (χ0n) is 11.7. The first-order valence-electron chi connectivity index (χ1n) is 6.93. The lowest BCUT2D eigenvalue weighted by atomic mass is 10.1. The zero-order valence-corrected chi connectivity index (χ0v) is 11.7. The number of pyridine rings is 1. The summed E-state index contributed by atoms with van der Waals surface area (Å²) in [6, 6.07) is 4.36. The van der Waals surface area contributed by atoms with E-state index in [0.29, 0.717) is 5.56 Å². The fourth-order valence-corrected chi connectivity index (χ4v) is 2.86. The molecule has 1 saturated heterocycles. The van der Waals surface area contributed by atoms with Crippen molar-refractivity contribution < 1.29 is 5.11 Å². The van der Waals surface area contributed by atoms with E-state index in [1.165, 1.54) is 6.42 Å². The maximum absolute atomic E-state index is 9.61. The Balaban J connectivity index is 2.46. The summed E-state index contributed by atoms with van der Waals surface area (Å²) in [5.41, 5.74) is 3.28. The second-order valence-corrected chi connectivity index (χ2v) is 5.23. The number of nitrogens with zero attached hydrogens (tertiary/aromatic N) is 3. The summed E-state index contributed by atoms with van der Waals surface area (Å²) in [6.45, 7) is 4.87. The van der Waals surface area contributed by atoms with Crippen LogP contribution in [0.3, 0.4) is 0 Å². The molecule has 1 unspecified atom stereocenters. The molecule has 1 aliphatic heterocycles. The van der Waals surface area contributed by atoms with Gasteiger partial charge >= 0.3 is 0 Å². The Morgan fingerprint density at radius 3 is 2.89 bits per heavy atom. The average Bonchev–Trinajstić information content (AvgIpc) is 2.62. The third-order valence-corrected chi connectivity index (χ3v) is 3.82. The number of aliphatic hydroxyl groups excluding tert-OH is 1. The van der Waals surface area contributed by atoms with Gasteiger partial charge in [-0.1, -0.05) is 12.8 Å². The molecule has 0 amide bonds. The predicted octanol–water partition coefficient (Wildman–Crippen LogP) is 2.31. The van der Waals surface area contributed by atoms with E-state index in [4.69, 9.17) is 0 Å². The smallest absolute Gasteiger partial charge is 0.103 e. The van der Waals surface area contributed by atoms with Crippen LogP contribution in [0.15, 0.2) is 6.07 Å². The van der Waals surface area contributed by atoms with Crippen molar-refractivity contribution in [2.75, 3.05) is 18.1 Å². The van der Waals surface area contributed by atoms with Crippen LogP contribution in [-0.4, -0.2) is 29.3 Å². The Morgan fingerprint density at radius 2 is 2.21 bits per heavy atom. The van der Waals surface area contributed by atoms with E-state index in [1.54, 1.807) is 0 Å². The van der Waals surface area contributed by atoms with E-state index in [2.05, 4.69) is 16.0 Å². The lowest BCUT2D eigenvalue weighted by Gasteiger charge is -2.32. The first-order valence-corrected chi connectivity index (χ1v) is 6.93. The molecule has 1 aliphatic rings. The van der Waals surface area contributed by atoms with Crippen molar-refractivity contribution in [3.05, 3.63) is 23.0 Å². The van der Waals surface area contributed by atoms with Crippen molar-refractivity contribution in [1.29, 1.82) is 5.26 Å². The molecule has 0 saturated carbocycles. The minimum absolute atomic E-state index is 0.121. The van der Waals surface area contributed by atoms with E-state index in [9.17, 15) is 10.4 Å². The quantitative estimate of drug-likeness (QED) is 0.885. The van der Waals surface area contributed by atoms with Gasteiger partial charge in [-0.3, -0.25) is 4.98 Å². The van der Waals surface area contributed by atoms with Crippen LogP contribution in [0.25, 0.3) is 0 Å². The summed E-state index contributed by atoms with van der Waals surface area (Å²) in [6.07, 6.45) is 4.44. The number of hydrogen-bond donors (Lipinski definition) is 1. The zero-order chi connectivity index (χ0) is 13.8. The number of aromatic nitrogens is 1. The number of aryl methyl sites for hydroxylation is 2. The van der Waals surface area contributed by atoms with Crippen LogP contribution in [-0.2, 0) is 0 Å². The molecule has 2 heterocycles. The van der Waals surface area contributed by atoms with Crippen LogP contribution in [0, 0.1) is 25.2 Å². The fraction of sp³-hybridized carbons (Fsp3) is 0.600. The Labute approximate surface area is 114 Å². The van der Waals surface area contributed by atoms with Crippen LogP contribution in [0.1, 0.15) is 42.6 Å². The molecule has 4 nitrogen and oxygen atoms in total. The maximum Gasteiger partial charge on any atom is 0.103 e. The average molecular weight is 259 g/mol. The van der Waals surface area contributed by atoms with Gasteiger partial charge in [0.15, 0.2) is 0 Å². The number of aliphatic hydroxyl groups is 1. The minimum Gasteiger partial charge on any atom is -0.394 e. The molecule has 0 aliphatic carbocycles. The van der Waals surface area contributed by atoms with Crippen LogP contribution >= 0.6 is 0 Å². The van der Waals surface area contributed by atoms with Gasteiger partial charge in [0.05, 0.1) is 29.6 Å². The third kappa shape index (κ3) is 2.87. The molecule has 2 rings (SSSR count). The fourth-order valence-electron chi connectivity index (χ4n) is 2.86. The van der Waals surface area contributed by atoms with E-state index in [1.807, 2.05) is 19.9 Å². The maximum atomic E-state index is 9.61. The highest BCUT2D eigenvalue weighted by molar-refractivity contribution is 5.62. The van der Waals surface area contributed by atoms with E-state index in [0.717, 1.165) is 42.9 Å². The predicted molar refractivity (Wildman–Crippen MR) is 75.1 cm³/mol. The highest BCUT2D eigenvalue weighted by Gasteiger charge is 2.24. The number of anilines is 1. The largest absolute Gasteiger partial charge is 0.394 e. The normalized spacial score (nSPS) is 19.9. The Morgan fingerprint density at radius 1 is 1.42 bits per heavy atom. The van der Waals surface area contributed by atoms with E-state index < -0.39 is 0 Å². The molecular weight excluding hydrogens is 238 g/mol. The molecule has 1 aromatic rings. The molecular formula is C15H21N3O. The van der Waals surface area contributed by atoms with Crippen molar-refractivity contribution in [3.63, 3.8) is 0 Å². The first-order chi connectivity index (χ1) is 9.17. The molecule has 1 fully saturated rings. The standard InChI is InChI=1S/C15H21N3O/c1-11-8-15(14(9-16)12(2)17-11)18-7-5-3-4-6-13(18)10-19/h8,13,19H,3-7,10H2,1-2H3. The van der Waals surface area contributed by atoms with Crippen molar-refractivity contribution in [3.8, 4) is 6.07 Å². The molecule has 0 spiro atoms. The van der Waals surface area contributed by atoms with Gasteiger partial charge in [-0.15, -0.1) is 0 Å². The molecule has 0 bridgehead atoms. The molecule has 4 heteroatoms. The first kappa shape index (κ1) is 13.8. The second kappa shape index (κ2) is 6.03. The summed E-state index contributed by atoms with van der Waals surface area (Å²) in [5, 5.41) is 19.0. The topological polar surface area (TPSA) is 60.1 Å². The molecule has 0 radical (unpaired) electrons. The van der Waals surface area contributed by atoms with Gasteiger partial charge in [0.25, 0.3) is 0 Å². The molecule has 19 heavy (non-hydrogen) atoms. The third-order valence-electron chi connectivity index (χ3n) is 3.82. The van der Waals surface area contributed by atoms with Gasteiger partial charge in [-0.05, 0) is 32.8 Å². The molecule has 0 aromatic carbocycles. The lowest BCUT2D eigenvalue weighted by molar-refractivity contribution is 0.255. The van der Waals surface area contributed by atoms with Gasteiger partial charge < -0.3 is 10.0 Å². The monoisotopic (exact) mass is 259 g/mol. The number of hydrogen-bond acceptors (Lipinski definition) is 4. The van der Waals surface area contributed by atoms with Crippen molar-refractivity contribution in [2.24, 2.45) is 0 Å². The van der Waals surface area contributed by atoms with Crippen molar-refractivity contribution in [1.82, 2.24) is 4.98 Å². The van der Waals surface area contributed by atoms with Gasteiger partial charge in [0.2, 0.25) is 0 Å². The number of nitriles is 1. The second-order valence-electron chi connectivity index (χ2n) is 5.23. The van der Waals surface area contributed by atoms with Crippen LogP contribution in [0.2, 0.25) is 0 Å². The van der Waals surface area contributed by atoms with Gasteiger partial charge in [-0.25, -0.2) is 0 Å².